The number of Topliss-reactive ketones (excluding diaryl/α,β-unsaturated/α-hetero) is 6. The minimum absolute atomic E-state index is 0. The fraction of sp³-hybridized carbons (Fsp3) is 0.500. The Bertz CT molecular complexity index is 388. The van der Waals surface area contributed by atoms with Crippen LogP contribution in [0.2, 0.25) is 0 Å². The first-order valence-corrected chi connectivity index (χ1v) is 7.59. The summed E-state index contributed by atoms with van der Waals surface area (Å²) in [6, 6.07) is 0. The Kier molecular flexibility index (Phi) is 25.0. The maximum absolute atomic E-state index is 10.4. The fourth-order valence-electron chi connectivity index (χ4n) is 1.03. The summed E-state index contributed by atoms with van der Waals surface area (Å²) in [4.78, 5) is 61.3. The number of rotatable bonds is 9. The van der Waals surface area contributed by atoms with E-state index in [-0.39, 0.29) is 71.0 Å². The summed E-state index contributed by atoms with van der Waals surface area (Å²) in [5, 5.41) is 0. The van der Waals surface area contributed by atoms with Gasteiger partial charge in [-0.15, -0.1) is 0 Å². The molecule has 0 aliphatic heterocycles. The molecule has 143 valence electrons. The summed E-state index contributed by atoms with van der Waals surface area (Å²) in [6.07, 6.45) is 1.28. The van der Waals surface area contributed by atoms with Crippen molar-refractivity contribution in [1.29, 1.82) is 0 Å². The monoisotopic (exact) mass is 395 g/mol. The van der Waals surface area contributed by atoms with Crippen molar-refractivity contribution < 1.29 is 45.8 Å². The second kappa shape index (κ2) is 20.2. The molecule has 0 bridgehead atoms. The van der Waals surface area contributed by atoms with Gasteiger partial charge in [-0.2, -0.15) is 0 Å². The zero-order valence-corrected chi connectivity index (χ0v) is 16.3. The van der Waals surface area contributed by atoms with Gasteiger partial charge in [0, 0.05) is 55.9 Å². The minimum atomic E-state index is -0.295. The van der Waals surface area contributed by atoms with Crippen LogP contribution in [0, 0.1) is 20.8 Å². The van der Waals surface area contributed by atoms with Crippen molar-refractivity contribution in [3.8, 4) is 0 Å². The largest absolute Gasteiger partial charge is 3.00 e. The first-order chi connectivity index (χ1) is 11.0. The quantitative estimate of drug-likeness (QED) is 0.337. The van der Waals surface area contributed by atoms with Crippen molar-refractivity contribution in [2.45, 2.75) is 59.3 Å². The Morgan fingerprint density at radius 2 is 0.680 bits per heavy atom. The molecule has 0 fully saturated rings. The summed E-state index contributed by atoms with van der Waals surface area (Å²) in [5.74, 6) is -0.995. The maximum atomic E-state index is 10.4. The van der Waals surface area contributed by atoms with E-state index in [1.807, 2.05) is 0 Å². The number of hydrogen-bond donors (Lipinski definition) is 0. The predicted octanol–water partition coefficient (Wildman–Crippen LogP) is 2.27. The second-order valence-corrected chi connectivity index (χ2v) is 4.82. The normalized spacial score (nSPS) is 8.28. The number of carbonyl (C=O) groups excluding carboxylic acids is 6. The predicted molar refractivity (Wildman–Crippen MR) is 90.8 cm³/mol. The molecule has 25 heavy (non-hydrogen) atoms. The molecule has 1 radical (unpaired) electrons. The Balaban J connectivity index is -0.000000130. The van der Waals surface area contributed by atoms with E-state index in [1.54, 1.807) is 20.8 Å². The average molecular weight is 395 g/mol. The molecule has 7 heteroatoms. The molecule has 0 aromatic heterocycles. The zero-order valence-electron chi connectivity index (χ0n) is 15.2. The van der Waals surface area contributed by atoms with Gasteiger partial charge in [-0.3, -0.25) is 14.4 Å². The van der Waals surface area contributed by atoms with E-state index in [0.29, 0.717) is 19.3 Å². The Labute approximate surface area is 161 Å². The maximum Gasteiger partial charge on any atom is 3.00 e. The second-order valence-electron chi connectivity index (χ2n) is 4.82. The molecule has 0 aliphatic carbocycles. The third-order valence-corrected chi connectivity index (χ3v) is 2.37. The molecule has 0 N–H and O–H groups in total. The molecule has 0 saturated carbocycles. The van der Waals surface area contributed by atoms with Gasteiger partial charge in [-0.25, -0.2) is 0 Å². The number of carbonyl (C=O) groups is 6. The van der Waals surface area contributed by atoms with Crippen LogP contribution < -0.4 is 0 Å². The molecule has 0 spiro atoms. The van der Waals surface area contributed by atoms with Crippen LogP contribution in [-0.2, 0) is 45.8 Å². The molecule has 0 rings (SSSR count). The molecule has 0 saturated heterocycles. The van der Waals surface area contributed by atoms with Gasteiger partial charge in [0.1, 0.15) is 17.3 Å². The standard InChI is InChI=1S/3C6H9O2.Fe/c3*1-3-6(8)4-5(2)7;/h3*2-4H2,1H3;/q3*-1;+3. The average Bonchev–Trinajstić information content (AvgIpc) is 2.46. The molecule has 0 atom stereocenters. The van der Waals surface area contributed by atoms with Gasteiger partial charge in [-0.1, -0.05) is 20.8 Å². The molecule has 0 unspecified atom stereocenters. The van der Waals surface area contributed by atoms with Gasteiger partial charge < -0.3 is 35.2 Å². The van der Waals surface area contributed by atoms with Crippen LogP contribution in [0.4, 0.5) is 0 Å². The van der Waals surface area contributed by atoms with E-state index in [9.17, 15) is 28.8 Å². The first kappa shape index (κ1) is 31.0. The Morgan fingerprint density at radius 1 is 0.520 bits per heavy atom. The van der Waals surface area contributed by atoms with E-state index < -0.39 is 0 Å². The molecule has 6 nitrogen and oxygen atoms in total. The molecule has 0 amide bonds. The van der Waals surface area contributed by atoms with Crippen molar-refractivity contribution in [3.05, 3.63) is 20.8 Å². The molecule has 0 heterocycles. The summed E-state index contributed by atoms with van der Waals surface area (Å²) in [5.41, 5.74) is 0. The zero-order chi connectivity index (χ0) is 19.7. The van der Waals surface area contributed by atoms with Crippen molar-refractivity contribution >= 4 is 34.7 Å². The van der Waals surface area contributed by atoms with E-state index in [2.05, 4.69) is 20.8 Å². The molecular weight excluding hydrogens is 368 g/mol. The molecule has 0 aromatic carbocycles. The van der Waals surface area contributed by atoms with E-state index in [4.69, 9.17) is 0 Å². The summed E-state index contributed by atoms with van der Waals surface area (Å²) < 4.78 is 0. The van der Waals surface area contributed by atoms with Gasteiger partial charge in [0.15, 0.2) is 0 Å². The van der Waals surface area contributed by atoms with Crippen LogP contribution >= 0.6 is 0 Å². The summed E-state index contributed by atoms with van der Waals surface area (Å²) in [7, 11) is 0. The van der Waals surface area contributed by atoms with Crippen molar-refractivity contribution in [3.63, 3.8) is 0 Å². The van der Waals surface area contributed by atoms with Crippen molar-refractivity contribution in [2.75, 3.05) is 0 Å². The summed E-state index contributed by atoms with van der Waals surface area (Å²) >= 11 is 0. The van der Waals surface area contributed by atoms with Crippen molar-refractivity contribution in [2.24, 2.45) is 0 Å². The first-order valence-electron chi connectivity index (χ1n) is 7.59. The van der Waals surface area contributed by atoms with Gasteiger partial charge in [-0.05, 0) is 0 Å². The molecular formula is C18H27FeO6. The minimum Gasteiger partial charge on any atom is -0.339 e. The van der Waals surface area contributed by atoms with Gasteiger partial charge in [0.2, 0.25) is 0 Å². The smallest absolute Gasteiger partial charge is 0.339 e. The van der Waals surface area contributed by atoms with E-state index in [0.717, 1.165) is 0 Å². The van der Waals surface area contributed by atoms with Gasteiger partial charge >= 0.3 is 17.1 Å². The molecule has 0 aromatic rings. The van der Waals surface area contributed by atoms with Crippen LogP contribution in [0.15, 0.2) is 0 Å². The third kappa shape index (κ3) is 34.5. The van der Waals surface area contributed by atoms with Gasteiger partial charge in [0.05, 0.1) is 0 Å². The van der Waals surface area contributed by atoms with E-state index in [1.165, 1.54) is 0 Å². The molecule has 0 aliphatic rings. The van der Waals surface area contributed by atoms with Crippen molar-refractivity contribution in [1.82, 2.24) is 0 Å². The van der Waals surface area contributed by atoms with Crippen LogP contribution in [-0.4, -0.2) is 34.7 Å². The topological polar surface area (TPSA) is 102 Å². The summed E-state index contributed by atoms with van der Waals surface area (Å²) in [6.45, 7) is 14.4. The number of hydrogen-bond acceptors (Lipinski definition) is 6. The van der Waals surface area contributed by atoms with Crippen LogP contribution in [0.25, 0.3) is 0 Å². The third-order valence-electron chi connectivity index (χ3n) is 2.37. The van der Waals surface area contributed by atoms with Crippen LogP contribution in [0.3, 0.4) is 0 Å². The van der Waals surface area contributed by atoms with Gasteiger partial charge in [0.25, 0.3) is 0 Å². The fourth-order valence-corrected chi connectivity index (χ4v) is 1.03. The SMILES string of the molecule is [CH2-]C(=O)CC(=O)CC.[CH2-]C(=O)CC(=O)CC.[CH2-]C(=O)CC(=O)CC.[Fe+3]. The van der Waals surface area contributed by atoms with Crippen LogP contribution in [0.1, 0.15) is 59.3 Å². The van der Waals surface area contributed by atoms with Crippen LogP contribution in [0.5, 0.6) is 0 Å². The number of ketones is 6. The van der Waals surface area contributed by atoms with E-state index >= 15 is 0 Å². The Morgan fingerprint density at radius 3 is 0.720 bits per heavy atom. The Hall–Kier alpha value is -1.85.